The lowest BCUT2D eigenvalue weighted by atomic mass is 9.85. The molecule has 4 N–H and O–H groups in total. The first-order chi connectivity index (χ1) is 17.1. The molecule has 1 aromatic carbocycles. The van der Waals surface area contributed by atoms with Crippen LogP contribution in [0.5, 0.6) is 0 Å². The van der Waals surface area contributed by atoms with Crippen LogP contribution in [-0.2, 0) is 20.9 Å². The molecular weight excluding hydrogens is 474 g/mol. The fourth-order valence-corrected chi connectivity index (χ4v) is 5.25. The van der Waals surface area contributed by atoms with Crippen LogP contribution >= 0.6 is 11.3 Å². The minimum Gasteiger partial charge on any atom is -0.350 e. The lowest BCUT2D eigenvalue weighted by Crippen LogP contribution is -2.57. The number of nitrogens with one attached hydrogen (secondary N) is 2. The number of carbonyl (C=O) groups excluding carboxylic acids is 3. The number of nitrogens with two attached hydrogens (primary N) is 1. The molecule has 3 amide bonds. The predicted molar refractivity (Wildman–Crippen MR) is 143 cm³/mol. The minimum atomic E-state index is -0.695. The van der Waals surface area contributed by atoms with E-state index in [4.69, 9.17) is 5.73 Å². The zero-order valence-corrected chi connectivity index (χ0v) is 22.6. The Bertz CT molecular complexity index is 1040. The third-order valence-electron chi connectivity index (χ3n) is 6.54. The second-order valence-electron chi connectivity index (χ2n) is 10.5. The Morgan fingerprint density at radius 2 is 1.92 bits per heavy atom. The number of hydrogen-bond acceptors (Lipinski definition) is 6. The number of hydrogen-bond donors (Lipinski definition) is 3. The van der Waals surface area contributed by atoms with Crippen molar-refractivity contribution in [3.05, 3.63) is 41.0 Å². The average molecular weight is 514 g/mol. The quantitative estimate of drug-likeness (QED) is 0.421. The van der Waals surface area contributed by atoms with Gasteiger partial charge in [-0.25, -0.2) is 4.98 Å². The van der Waals surface area contributed by atoms with E-state index in [2.05, 4.69) is 15.6 Å². The van der Waals surface area contributed by atoms with Gasteiger partial charge in [0.15, 0.2) is 0 Å². The summed E-state index contributed by atoms with van der Waals surface area (Å²) in [4.78, 5) is 46.2. The summed E-state index contributed by atoms with van der Waals surface area (Å²) in [6, 6.07) is 6.86. The maximum atomic E-state index is 13.5. The molecule has 1 aliphatic rings. The van der Waals surface area contributed by atoms with Crippen LogP contribution in [0, 0.1) is 12.3 Å². The molecule has 8 nitrogen and oxygen atoms in total. The number of likely N-dealkylation sites (tertiary alicyclic amines) is 1. The van der Waals surface area contributed by atoms with Gasteiger partial charge in [-0.2, -0.15) is 0 Å². The fraction of sp³-hybridized carbons (Fsp3) is 0.556. The number of aromatic nitrogens is 1. The van der Waals surface area contributed by atoms with Crippen LogP contribution in [0.15, 0.2) is 29.8 Å². The van der Waals surface area contributed by atoms with Crippen molar-refractivity contribution in [2.75, 3.05) is 13.1 Å². The van der Waals surface area contributed by atoms with Crippen molar-refractivity contribution in [3.63, 3.8) is 0 Å². The van der Waals surface area contributed by atoms with E-state index in [-0.39, 0.29) is 17.7 Å². The lowest BCUT2D eigenvalue weighted by molar-refractivity contribution is -0.143. The molecule has 196 valence electrons. The standard InChI is InChI=1S/C27H39N5O3S/c1-18-23(36-17-30-18)20-12-10-19(11-13-20)16-29-25(34)21-8-7-15-32(21)26(35)24(27(2,3)4)31-22(33)9-5-6-14-28/h10-13,17,21,24H,5-9,14-16,28H2,1-4H3,(H,29,34)(H,31,33)/t21-,24?/m0/s1. The van der Waals surface area contributed by atoms with Crippen molar-refractivity contribution in [1.29, 1.82) is 0 Å². The lowest BCUT2D eigenvalue weighted by Gasteiger charge is -2.35. The summed E-state index contributed by atoms with van der Waals surface area (Å²) in [6.07, 6.45) is 3.16. The van der Waals surface area contributed by atoms with Crippen molar-refractivity contribution >= 4 is 29.1 Å². The van der Waals surface area contributed by atoms with E-state index in [9.17, 15) is 14.4 Å². The molecule has 1 aromatic heterocycles. The van der Waals surface area contributed by atoms with E-state index in [0.717, 1.165) is 34.5 Å². The first kappa shape index (κ1) is 27.8. The van der Waals surface area contributed by atoms with Crippen LogP contribution in [0.25, 0.3) is 10.4 Å². The van der Waals surface area contributed by atoms with Gasteiger partial charge >= 0.3 is 0 Å². The van der Waals surface area contributed by atoms with Gasteiger partial charge in [0, 0.05) is 19.5 Å². The first-order valence-electron chi connectivity index (χ1n) is 12.7. The summed E-state index contributed by atoms with van der Waals surface area (Å²) in [5, 5.41) is 5.93. The summed E-state index contributed by atoms with van der Waals surface area (Å²) in [6.45, 7) is 9.21. The van der Waals surface area contributed by atoms with E-state index in [1.807, 2.05) is 57.5 Å². The molecule has 0 aliphatic carbocycles. The van der Waals surface area contributed by atoms with Gasteiger partial charge in [-0.15, -0.1) is 11.3 Å². The third kappa shape index (κ3) is 7.13. The molecule has 1 fully saturated rings. The number of unbranched alkanes of at least 4 members (excludes halogenated alkanes) is 1. The van der Waals surface area contributed by atoms with E-state index in [1.54, 1.807) is 16.2 Å². The Kier molecular flexibility index (Phi) is 9.62. The molecule has 36 heavy (non-hydrogen) atoms. The zero-order valence-electron chi connectivity index (χ0n) is 21.8. The molecule has 2 heterocycles. The van der Waals surface area contributed by atoms with Crippen molar-refractivity contribution in [3.8, 4) is 10.4 Å². The average Bonchev–Trinajstić information content (AvgIpc) is 3.50. The number of thiazole rings is 1. The Labute approximate surface area is 218 Å². The van der Waals surface area contributed by atoms with Gasteiger partial charge in [0.2, 0.25) is 17.7 Å². The van der Waals surface area contributed by atoms with Gasteiger partial charge in [0.05, 0.1) is 16.1 Å². The van der Waals surface area contributed by atoms with Crippen molar-refractivity contribution in [2.24, 2.45) is 11.1 Å². The fourth-order valence-electron chi connectivity index (χ4n) is 4.44. The molecular formula is C27H39N5O3S. The van der Waals surface area contributed by atoms with Gasteiger partial charge in [-0.3, -0.25) is 14.4 Å². The summed E-state index contributed by atoms with van der Waals surface area (Å²) >= 11 is 1.61. The number of aryl methyl sites for hydroxylation is 1. The largest absolute Gasteiger partial charge is 0.350 e. The Morgan fingerprint density at radius 1 is 1.19 bits per heavy atom. The number of carbonyl (C=O) groups is 3. The monoisotopic (exact) mass is 513 g/mol. The highest BCUT2D eigenvalue weighted by atomic mass is 32.1. The van der Waals surface area contributed by atoms with Crippen molar-refractivity contribution in [2.45, 2.75) is 78.4 Å². The van der Waals surface area contributed by atoms with E-state index in [0.29, 0.717) is 38.9 Å². The molecule has 0 radical (unpaired) electrons. The number of rotatable bonds is 10. The highest BCUT2D eigenvalue weighted by molar-refractivity contribution is 7.13. The van der Waals surface area contributed by atoms with Gasteiger partial charge in [-0.05, 0) is 55.7 Å². The van der Waals surface area contributed by atoms with Crippen LogP contribution in [0.2, 0.25) is 0 Å². The highest BCUT2D eigenvalue weighted by Gasteiger charge is 2.41. The smallest absolute Gasteiger partial charge is 0.246 e. The third-order valence-corrected chi connectivity index (χ3v) is 7.52. The van der Waals surface area contributed by atoms with Gasteiger partial charge in [-0.1, -0.05) is 45.0 Å². The van der Waals surface area contributed by atoms with Crippen LogP contribution < -0.4 is 16.4 Å². The molecule has 0 bridgehead atoms. The first-order valence-corrected chi connectivity index (χ1v) is 13.6. The second-order valence-corrected chi connectivity index (χ2v) is 11.3. The molecule has 9 heteroatoms. The maximum absolute atomic E-state index is 13.5. The van der Waals surface area contributed by atoms with Crippen molar-refractivity contribution in [1.82, 2.24) is 20.5 Å². The SMILES string of the molecule is Cc1ncsc1-c1ccc(CNC(=O)[C@@H]2CCCN2C(=O)C(NC(=O)CCCCN)C(C)(C)C)cc1. The molecule has 0 spiro atoms. The predicted octanol–water partition coefficient (Wildman–Crippen LogP) is 3.39. The van der Waals surface area contributed by atoms with E-state index >= 15 is 0 Å². The van der Waals surface area contributed by atoms with Gasteiger partial charge in [0.1, 0.15) is 12.1 Å². The highest BCUT2D eigenvalue weighted by Crippen LogP contribution is 2.28. The van der Waals surface area contributed by atoms with Gasteiger partial charge < -0.3 is 21.3 Å². The normalized spacial score (nSPS) is 16.6. The maximum Gasteiger partial charge on any atom is 0.246 e. The molecule has 0 saturated carbocycles. The topological polar surface area (TPSA) is 117 Å². The number of benzene rings is 1. The number of amides is 3. The van der Waals surface area contributed by atoms with Crippen LogP contribution in [-0.4, -0.2) is 52.8 Å². The number of nitrogens with zero attached hydrogens (tertiary/aromatic N) is 2. The summed E-state index contributed by atoms with van der Waals surface area (Å²) in [5.41, 5.74) is 9.98. The van der Waals surface area contributed by atoms with E-state index < -0.39 is 17.5 Å². The molecule has 1 saturated heterocycles. The molecule has 2 aromatic rings. The van der Waals surface area contributed by atoms with Gasteiger partial charge in [0.25, 0.3) is 0 Å². The molecule has 2 atom stereocenters. The molecule has 3 rings (SSSR count). The Balaban J connectivity index is 1.61. The zero-order chi connectivity index (χ0) is 26.3. The molecule has 1 aliphatic heterocycles. The summed E-state index contributed by atoms with van der Waals surface area (Å²) in [5.74, 6) is -0.518. The summed E-state index contributed by atoms with van der Waals surface area (Å²) < 4.78 is 0. The molecule has 1 unspecified atom stereocenters. The van der Waals surface area contributed by atoms with Crippen LogP contribution in [0.1, 0.15) is 64.1 Å². The Morgan fingerprint density at radius 3 is 2.53 bits per heavy atom. The second kappa shape index (κ2) is 12.5. The van der Waals surface area contributed by atoms with Crippen LogP contribution in [0.3, 0.4) is 0 Å². The van der Waals surface area contributed by atoms with Crippen LogP contribution in [0.4, 0.5) is 0 Å². The summed E-state index contributed by atoms with van der Waals surface area (Å²) in [7, 11) is 0. The minimum absolute atomic E-state index is 0.158. The Hall–Kier alpha value is -2.78. The van der Waals surface area contributed by atoms with E-state index in [1.165, 1.54) is 0 Å². The van der Waals surface area contributed by atoms with Crippen molar-refractivity contribution < 1.29 is 14.4 Å².